The van der Waals surface area contributed by atoms with Crippen molar-refractivity contribution < 1.29 is 33.3 Å². The number of ketones is 1. The minimum Gasteiger partial charge on any atom is -0.355 e. The number of Topliss-reactive ketones (excluding diaryl/α,β-unsaturated/α-hetero) is 1. The predicted molar refractivity (Wildman–Crippen MR) is 81.4 cm³/mol. The molecule has 0 fully saturated rings. The fourth-order valence-corrected chi connectivity index (χ4v) is 1.09. The highest BCUT2D eigenvalue weighted by Crippen LogP contribution is 1.87. The van der Waals surface area contributed by atoms with E-state index < -0.39 is 18.1 Å². The van der Waals surface area contributed by atoms with Gasteiger partial charge in [-0.2, -0.15) is 0 Å². The maximum Gasteiger partial charge on any atom is 0.309 e. The zero-order valence-corrected chi connectivity index (χ0v) is 14.2. The summed E-state index contributed by atoms with van der Waals surface area (Å²) in [5.41, 5.74) is 5.14. The second-order valence-electron chi connectivity index (χ2n) is 4.13. The molecule has 0 saturated carbocycles. The summed E-state index contributed by atoms with van der Waals surface area (Å²) in [5, 5.41) is 4.46. The molecule has 0 unspecified atom stereocenters. The van der Waals surface area contributed by atoms with E-state index in [4.69, 9.17) is 24.7 Å². The molecule has 0 rings (SSSR count). The number of ether oxygens (including phenoxy) is 4. The summed E-state index contributed by atoms with van der Waals surface area (Å²) >= 11 is 0. The fourth-order valence-electron chi connectivity index (χ4n) is 1.09. The van der Waals surface area contributed by atoms with E-state index in [2.05, 4.69) is 10.6 Å². The van der Waals surface area contributed by atoms with Gasteiger partial charge < -0.3 is 35.3 Å². The Hall–Kier alpha value is -1.59. The molecule has 0 aliphatic heterocycles. The number of hydrogen-bond donors (Lipinski definition) is 3. The molecule has 0 radical (unpaired) electrons. The lowest BCUT2D eigenvalue weighted by Gasteiger charge is -2.13. The van der Waals surface area contributed by atoms with Crippen molar-refractivity contribution in [2.24, 2.45) is 5.73 Å². The Morgan fingerprint density at radius 1 is 0.870 bits per heavy atom. The van der Waals surface area contributed by atoms with Gasteiger partial charge in [0.15, 0.2) is 12.6 Å². The Labute approximate surface area is 136 Å². The first-order valence-electron chi connectivity index (χ1n) is 6.72. The van der Waals surface area contributed by atoms with E-state index in [1.807, 2.05) is 0 Å². The van der Waals surface area contributed by atoms with Crippen molar-refractivity contribution in [2.75, 3.05) is 48.1 Å². The topological polar surface area (TPSA) is 138 Å². The second kappa shape index (κ2) is 15.3. The van der Waals surface area contributed by atoms with Gasteiger partial charge in [0.2, 0.25) is 0 Å². The van der Waals surface area contributed by atoms with Crippen LogP contribution in [0.2, 0.25) is 0 Å². The number of rotatable bonds is 9. The van der Waals surface area contributed by atoms with Crippen molar-refractivity contribution >= 4 is 17.6 Å². The predicted octanol–water partition coefficient (Wildman–Crippen LogP) is -2.01. The summed E-state index contributed by atoms with van der Waals surface area (Å²) in [6, 6.07) is 0. The van der Waals surface area contributed by atoms with Crippen molar-refractivity contribution in [3.63, 3.8) is 0 Å². The van der Waals surface area contributed by atoms with Crippen LogP contribution in [0, 0.1) is 0 Å². The quantitative estimate of drug-likeness (QED) is 0.324. The van der Waals surface area contributed by atoms with E-state index >= 15 is 0 Å². The normalized spacial score (nSPS) is 10.1. The van der Waals surface area contributed by atoms with Gasteiger partial charge in [-0.25, -0.2) is 0 Å². The summed E-state index contributed by atoms with van der Waals surface area (Å²) in [6.45, 7) is 1.61. The lowest BCUT2D eigenvalue weighted by atomic mass is 10.4. The molecule has 136 valence electrons. The first-order chi connectivity index (χ1) is 10.9. The molecule has 0 aromatic carbocycles. The highest BCUT2D eigenvalue weighted by Gasteiger charge is 2.15. The lowest BCUT2D eigenvalue weighted by Crippen LogP contribution is -2.44. The highest BCUT2D eigenvalue weighted by atomic mass is 16.7. The van der Waals surface area contributed by atoms with Gasteiger partial charge >= 0.3 is 11.8 Å². The third-order valence-electron chi connectivity index (χ3n) is 2.38. The first-order valence-corrected chi connectivity index (χ1v) is 6.72. The van der Waals surface area contributed by atoms with Crippen molar-refractivity contribution in [1.82, 2.24) is 10.6 Å². The molecule has 0 saturated heterocycles. The SMILES string of the molecule is COC(CN)OC.COC(CNC(=O)C(=O)NCC(C)=O)OC. The summed E-state index contributed by atoms with van der Waals surface area (Å²) < 4.78 is 19.0. The molecule has 10 heteroatoms. The number of amides is 2. The number of hydrogen-bond acceptors (Lipinski definition) is 8. The first kappa shape index (κ1) is 23.7. The van der Waals surface area contributed by atoms with Crippen LogP contribution >= 0.6 is 0 Å². The number of carbonyl (C=O) groups excluding carboxylic acids is 3. The molecule has 0 aromatic rings. The summed E-state index contributed by atoms with van der Waals surface area (Å²) in [5.74, 6) is -1.92. The van der Waals surface area contributed by atoms with Crippen LogP contribution in [0.4, 0.5) is 0 Å². The molecule has 2 amide bonds. The third kappa shape index (κ3) is 13.8. The van der Waals surface area contributed by atoms with Gasteiger partial charge in [0, 0.05) is 35.0 Å². The molecule has 10 nitrogen and oxygen atoms in total. The van der Waals surface area contributed by atoms with Crippen LogP contribution in [-0.2, 0) is 33.3 Å². The Balaban J connectivity index is 0. The number of nitrogens with one attached hydrogen (secondary N) is 2. The monoisotopic (exact) mass is 337 g/mol. The van der Waals surface area contributed by atoms with Gasteiger partial charge in [0.05, 0.1) is 13.1 Å². The van der Waals surface area contributed by atoms with Gasteiger partial charge in [-0.05, 0) is 6.92 Å². The highest BCUT2D eigenvalue weighted by molar-refractivity contribution is 6.35. The molecular formula is C13H27N3O7. The molecule has 23 heavy (non-hydrogen) atoms. The standard InChI is InChI=1S/C9H16N2O5.C4H11NO2/c1-6(12)4-10-8(13)9(14)11-5-7(15-2)16-3;1-6-4(3-5)7-2/h7H,4-5H2,1-3H3,(H,10,13)(H,11,14);4H,3,5H2,1-2H3. The molecule has 0 bridgehead atoms. The maximum atomic E-state index is 11.1. The van der Waals surface area contributed by atoms with E-state index in [9.17, 15) is 14.4 Å². The average Bonchev–Trinajstić information content (AvgIpc) is 2.55. The molecule has 0 aromatic heterocycles. The van der Waals surface area contributed by atoms with E-state index in [1.54, 1.807) is 14.2 Å². The van der Waals surface area contributed by atoms with Gasteiger partial charge in [-0.3, -0.25) is 14.4 Å². The molecule has 0 aliphatic carbocycles. The Bertz CT molecular complexity index is 339. The molecule has 0 atom stereocenters. The maximum absolute atomic E-state index is 11.1. The number of nitrogens with two attached hydrogens (primary N) is 1. The zero-order chi connectivity index (χ0) is 18.3. The number of methoxy groups -OCH3 is 4. The van der Waals surface area contributed by atoms with Crippen LogP contribution in [-0.4, -0.2) is 78.3 Å². The van der Waals surface area contributed by atoms with Crippen LogP contribution in [0.25, 0.3) is 0 Å². The van der Waals surface area contributed by atoms with Gasteiger partial charge in [-0.15, -0.1) is 0 Å². The summed E-state index contributed by atoms with van der Waals surface area (Å²) in [7, 11) is 5.94. The largest absolute Gasteiger partial charge is 0.355 e. The van der Waals surface area contributed by atoms with E-state index in [0.29, 0.717) is 6.54 Å². The van der Waals surface area contributed by atoms with Gasteiger partial charge in [-0.1, -0.05) is 0 Å². The average molecular weight is 337 g/mol. The molecular weight excluding hydrogens is 310 g/mol. The van der Waals surface area contributed by atoms with Crippen molar-refractivity contribution in [1.29, 1.82) is 0 Å². The van der Waals surface area contributed by atoms with E-state index in [0.717, 1.165) is 0 Å². The van der Waals surface area contributed by atoms with Crippen molar-refractivity contribution in [3.05, 3.63) is 0 Å². The van der Waals surface area contributed by atoms with Crippen LogP contribution in [0.5, 0.6) is 0 Å². The van der Waals surface area contributed by atoms with Crippen LogP contribution in [0.15, 0.2) is 0 Å². The van der Waals surface area contributed by atoms with Gasteiger partial charge in [0.25, 0.3) is 0 Å². The Morgan fingerprint density at radius 3 is 1.61 bits per heavy atom. The van der Waals surface area contributed by atoms with E-state index in [-0.39, 0.29) is 25.2 Å². The fraction of sp³-hybridized carbons (Fsp3) is 0.769. The third-order valence-corrected chi connectivity index (χ3v) is 2.38. The zero-order valence-electron chi connectivity index (χ0n) is 14.2. The van der Waals surface area contributed by atoms with Crippen molar-refractivity contribution in [3.8, 4) is 0 Å². The Morgan fingerprint density at radius 2 is 1.30 bits per heavy atom. The van der Waals surface area contributed by atoms with Crippen LogP contribution in [0.1, 0.15) is 6.92 Å². The number of carbonyl (C=O) groups is 3. The van der Waals surface area contributed by atoms with Crippen LogP contribution < -0.4 is 16.4 Å². The Kier molecular flexibility index (Phi) is 15.8. The van der Waals surface area contributed by atoms with E-state index in [1.165, 1.54) is 21.1 Å². The molecule has 0 heterocycles. The van der Waals surface area contributed by atoms with Crippen LogP contribution in [0.3, 0.4) is 0 Å². The summed E-state index contributed by atoms with van der Waals surface area (Å²) in [6.07, 6.45) is -0.843. The van der Waals surface area contributed by atoms with Crippen molar-refractivity contribution in [2.45, 2.75) is 19.5 Å². The minimum absolute atomic E-state index is 0.0549. The smallest absolute Gasteiger partial charge is 0.309 e. The summed E-state index contributed by atoms with van der Waals surface area (Å²) in [4.78, 5) is 32.8. The second-order valence-corrected chi connectivity index (χ2v) is 4.13. The van der Waals surface area contributed by atoms with Gasteiger partial charge in [0.1, 0.15) is 5.78 Å². The minimum atomic E-state index is -0.860. The molecule has 0 spiro atoms. The molecule has 0 aliphatic rings. The molecule has 4 N–H and O–H groups in total. The lowest BCUT2D eigenvalue weighted by molar-refractivity contribution is -0.142.